The molecule has 8 heteroatoms. The molecular weight excluding hydrogens is 399 g/mol. The van der Waals surface area contributed by atoms with Gasteiger partial charge in [-0.2, -0.15) is 4.98 Å². The van der Waals surface area contributed by atoms with Crippen LogP contribution in [0.4, 0.5) is 4.39 Å². The van der Waals surface area contributed by atoms with Gasteiger partial charge in [0.2, 0.25) is 17.6 Å². The molecule has 1 aliphatic heterocycles. The van der Waals surface area contributed by atoms with Gasteiger partial charge in [-0.3, -0.25) is 9.69 Å². The standard InChI is InChI=1S/C23H25FN4O3/c1-30-20-6-2-4-17(12-20)22-26-21(31-27-22)13-25-23(29)18-5-3-11-28(15-18)14-16-7-9-19(24)10-8-16/h2,4,6-10,12,18H,3,5,11,13-15H2,1H3,(H,25,29). The Morgan fingerprint density at radius 1 is 1.29 bits per heavy atom. The van der Waals surface area contributed by atoms with Gasteiger partial charge in [-0.1, -0.05) is 29.4 Å². The SMILES string of the molecule is COc1cccc(-c2noc(CNC(=O)C3CCCN(Cc4ccc(F)cc4)C3)n2)c1. The number of likely N-dealkylation sites (tertiary alicyclic amines) is 1. The van der Waals surface area contributed by atoms with E-state index in [1.54, 1.807) is 19.2 Å². The molecule has 0 bridgehead atoms. The summed E-state index contributed by atoms with van der Waals surface area (Å²) in [4.78, 5) is 19.3. The van der Waals surface area contributed by atoms with E-state index in [-0.39, 0.29) is 24.2 Å². The second-order valence-electron chi connectivity index (χ2n) is 7.66. The second-order valence-corrected chi connectivity index (χ2v) is 7.66. The fourth-order valence-corrected chi connectivity index (χ4v) is 3.77. The van der Waals surface area contributed by atoms with Crippen molar-refractivity contribution in [1.82, 2.24) is 20.4 Å². The van der Waals surface area contributed by atoms with Crippen molar-refractivity contribution in [1.29, 1.82) is 0 Å². The van der Waals surface area contributed by atoms with Gasteiger partial charge in [-0.05, 0) is 49.2 Å². The lowest BCUT2D eigenvalue weighted by Crippen LogP contribution is -2.42. The summed E-state index contributed by atoms with van der Waals surface area (Å²) < 4.78 is 23.6. The van der Waals surface area contributed by atoms with Crippen LogP contribution in [-0.2, 0) is 17.9 Å². The molecule has 1 aromatic heterocycles. The molecule has 31 heavy (non-hydrogen) atoms. The average Bonchev–Trinajstić information content (AvgIpc) is 3.28. The molecule has 0 saturated carbocycles. The van der Waals surface area contributed by atoms with E-state index in [4.69, 9.17) is 9.26 Å². The summed E-state index contributed by atoms with van der Waals surface area (Å²) in [7, 11) is 1.60. The number of hydrogen-bond acceptors (Lipinski definition) is 6. The quantitative estimate of drug-likeness (QED) is 0.626. The topological polar surface area (TPSA) is 80.5 Å². The lowest BCUT2D eigenvalue weighted by molar-refractivity contribution is -0.127. The molecule has 1 fully saturated rings. The fourth-order valence-electron chi connectivity index (χ4n) is 3.77. The number of carbonyl (C=O) groups is 1. The summed E-state index contributed by atoms with van der Waals surface area (Å²) in [5.41, 5.74) is 1.82. The van der Waals surface area contributed by atoms with Crippen molar-refractivity contribution in [2.45, 2.75) is 25.9 Å². The molecule has 7 nitrogen and oxygen atoms in total. The predicted octanol–water partition coefficient (Wildman–Crippen LogP) is 3.41. The highest BCUT2D eigenvalue weighted by Gasteiger charge is 2.26. The van der Waals surface area contributed by atoms with Crippen molar-refractivity contribution < 1.29 is 18.4 Å². The normalized spacial score (nSPS) is 16.8. The number of halogens is 1. The van der Waals surface area contributed by atoms with Crippen molar-refractivity contribution in [3.05, 3.63) is 65.8 Å². The first kappa shape index (κ1) is 21.0. The Kier molecular flexibility index (Phi) is 6.57. The van der Waals surface area contributed by atoms with Gasteiger partial charge in [-0.25, -0.2) is 4.39 Å². The van der Waals surface area contributed by atoms with Crippen LogP contribution >= 0.6 is 0 Å². The van der Waals surface area contributed by atoms with Crippen LogP contribution in [0.15, 0.2) is 53.1 Å². The van der Waals surface area contributed by atoms with Gasteiger partial charge in [0, 0.05) is 18.7 Å². The Morgan fingerprint density at radius 2 is 2.13 bits per heavy atom. The number of nitrogens with one attached hydrogen (secondary N) is 1. The number of methoxy groups -OCH3 is 1. The number of rotatable bonds is 7. The number of nitrogens with zero attached hydrogens (tertiary/aromatic N) is 3. The molecule has 0 spiro atoms. The molecule has 2 aromatic carbocycles. The molecule has 1 atom stereocenters. The first-order valence-electron chi connectivity index (χ1n) is 10.3. The lowest BCUT2D eigenvalue weighted by atomic mass is 9.96. The highest BCUT2D eigenvalue weighted by Crippen LogP contribution is 2.22. The van der Waals surface area contributed by atoms with Crippen LogP contribution in [0.5, 0.6) is 5.75 Å². The van der Waals surface area contributed by atoms with E-state index in [0.717, 1.165) is 30.5 Å². The van der Waals surface area contributed by atoms with Crippen molar-refractivity contribution in [2.24, 2.45) is 5.92 Å². The first-order chi connectivity index (χ1) is 15.1. The van der Waals surface area contributed by atoms with Gasteiger partial charge in [0.05, 0.1) is 19.6 Å². The third-order valence-corrected chi connectivity index (χ3v) is 5.41. The largest absolute Gasteiger partial charge is 0.497 e. The first-order valence-corrected chi connectivity index (χ1v) is 10.3. The molecular formula is C23H25FN4O3. The summed E-state index contributed by atoms with van der Waals surface area (Å²) in [6.45, 7) is 2.48. The highest BCUT2D eigenvalue weighted by atomic mass is 19.1. The maximum absolute atomic E-state index is 13.1. The summed E-state index contributed by atoms with van der Waals surface area (Å²) >= 11 is 0. The average molecular weight is 424 g/mol. The van der Waals surface area contributed by atoms with Crippen LogP contribution < -0.4 is 10.1 Å². The maximum Gasteiger partial charge on any atom is 0.246 e. The van der Waals surface area contributed by atoms with Crippen LogP contribution in [0.3, 0.4) is 0 Å². The number of piperidine rings is 1. The van der Waals surface area contributed by atoms with Crippen LogP contribution in [-0.4, -0.2) is 41.1 Å². The highest BCUT2D eigenvalue weighted by molar-refractivity contribution is 5.78. The van der Waals surface area contributed by atoms with Gasteiger partial charge in [0.1, 0.15) is 11.6 Å². The Balaban J connectivity index is 1.30. The molecule has 3 aromatic rings. The Hall–Kier alpha value is -3.26. The summed E-state index contributed by atoms with van der Waals surface area (Å²) in [6.07, 6.45) is 1.78. The van der Waals surface area contributed by atoms with Crippen LogP contribution in [0.1, 0.15) is 24.3 Å². The second kappa shape index (κ2) is 9.70. The zero-order valence-electron chi connectivity index (χ0n) is 17.4. The summed E-state index contributed by atoms with van der Waals surface area (Å²) in [5, 5.41) is 6.90. The van der Waals surface area contributed by atoms with E-state index >= 15 is 0 Å². The third kappa shape index (κ3) is 5.46. The van der Waals surface area contributed by atoms with Crippen molar-refractivity contribution in [2.75, 3.05) is 20.2 Å². The number of ether oxygens (including phenoxy) is 1. The Labute approximate surface area is 180 Å². The predicted molar refractivity (Wildman–Crippen MR) is 113 cm³/mol. The van der Waals surface area contributed by atoms with Crippen molar-refractivity contribution in [3.8, 4) is 17.1 Å². The van der Waals surface area contributed by atoms with E-state index in [1.807, 2.05) is 24.3 Å². The molecule has 4 rings (SSSR count). The minimum atomic E-state index is -0.241. The minimum Gasteiger partial charge on any atom is -0.497 e. The van der Waals surface area contributed by atoms with E-state index in [9.17, 15) is 9.18 Å². The molecule has 1 amide bonds. The monoisotopic (exact) mass is 424 g/mol. The summed E-state index contributed by atoms with van der Waals surface area (Å²) in [6, 6.07) is 13.9. The number of hydrogen-bond donors (Lipinski definition) is 1. The van der Waals surface area contributed by atoms with E-state index in [1.165, 1.54) is 12.1 Å². The molecule has 1 N–H and O–H groups in total. The Bertz CT molecular complexity index is 1020. The van der Waals surface area contributed by atoms with Gasteiger partial charge in [-0.15, -0.1) is 0 Å². The molecule has 0 radical (unpaired) electrons. The number of aromatic nitrogens is 2. The lowest BCUT2D eigenvalue weighted by Gasteiger charge is -2.31. The molecule has 1 saturated heterocycles. The minimum absolute atomic E-state index is 0.0232. The zero-order valence-corrected chi connectivity index (χ0v) is 17.4. The number of benzene rings is 2. The molecule has 162 valence electrons. The van der Waals surface area contributed by atoms with Crippen LogP contribution in [0, 0.1) is 11.7 Å². The van der Waals surface area contributed by atoms with Gasteiger partial charge < -0.3 is 14.6 Å². The zero-order chi connectivity index (χ0) is 21.6. The molecule has 1 aliphatic rings. The van der Waals surface area contributed by atoms with E-state index in [0.29, 0.717) is 30.6 Å². The van der Waals surface area contributed by atoms with Crippen LogP contribution in [0.2, 0.25) is 0 Å². The Morgan fingerprint density at radius 3 is 2.94 bits per heavy atom. The molecule has 0 aliphatic carbocycles. The van der Waals surface area contributed by atoms with E-state index < -0.39 is 0 Å². The summed E-state index contributed by atoms with van der Waals surface area (Å²) in [5.74, 6) is 1.14. The maximum atomic E-state index is 13.1. The molecule has 1 unspecified atom stereocenters. The van der Waals surface area contributed by atoms with Gasteiger partial charge >= 0.3 is 0 Å². The smallest absolute Gasteiger partial charge is 0.246 e. The fraction of sp³-hybridized carbons (Fsp3) is 0.348. The van der Waals surface area contributed by atoms with Crippen molar-refractivity contribution in [3.63, 3.8) is 0 Å². The van der Waals surface area contributed by atoms with E-state index in [2.05, 4.69) is 20.4 Å². The molecule has 2 heterocycles. The van der Waals surface area contributed by atoms with Crippen LogP contribution in [0.25, 0.3) is 11.4 Å². The number of carbonyl (C=O) groups excluding carboxylic acids is 1. The van der Waals surface area contributed by atoms with Gasteiger partial charge in [0.25, 0.3) is 0 Å². The van der Waals surface area contributed by atoms with Gasteiger partial charge in [0.15, 0.2) is 0 Å². The number of amides is 1. The van der Waals surface area contributed by atoms with Crippen molar-refractivity contribution >= 4 is 5.91 Å². The third-order valence-electron chi connectivity index (χ3n) is 5.41.